The van der Waals surface area contributed by atoms with Crippen LogP contribution in [0.5, 0.6) is 5.75 Å². The van der Waals surface area contributed by atoms with E-state index in [4.69, 9.17) is 16.3 Å². The fourth-order valence-corrected chi connectivity index (χ4v) is 3.27. The topological polar surface area (TPSA) is 58.6 Å². The first kappa shape index (κ1) is 17.4. The van der Waals surface area contributed by atoms with Gasteiger partial charge in [0.25, 0.3) is 11.1 Å². The molecule has 1 aliphatic rings. The molecule has 5 nitrogen and oxygen atoms in total. The summed E-state index contributed by atoms with van der Waals surface area (Å²) in [7, 11) is 1.56. The molecule has 0 unspecified atom stereocenters. The van der Waals surface area contributed by atoms with Crippen LogP contribution in [0.25, 0.3) is 6.08 Å². The quantitative estimate of drug-likeness (QED) is 0.783. The first-order valence-corrected chi connectivity index (χ1v) is 8.66. The van der Waals surface area contributed by atoms with E-state index in [1.54, 1.807) is 43.5 Å². The maximum atomic E-state index is 12.5. The standard InChI is InChI=1S/C18H15ClN2O3S/c1-24-15-5-3-2-4-14(15)20-11-21-17(22)16(25-18(21)23)10-12-6-8-13(19)9-7-12/h2-10,20H,11H2,1H3/b16-10+. The number of ether oxygens (including phenoxy) is 1. The van der Waals surface area contributed by atoms with Crippen LogP contribution in [0.3, 0.4) is 0 Å². The van der Waals surface area contributed by atoms with Gasteiger partial charge in [-0.1, -0.05) is 35.9 Å². The second-order valence-corrected chi connectivity index (χ2v) is 6.63. The van der Waals surface area contributed by atoms with Crippen LogP contribution < -0.4 is 10.1 Å². The van der Waals surface area contributed by atoms with E-state index in [0.717, 1.165) is 17.3 Å². The lowest BCUT2D eigenvalue weighted by Crippen LogP contribution is -2.33. The number of methoxy groups -OCH3 is 1. The Morgan fingerprint density at radius 1 is 1.16 bits per heavy atom. The Morgan fingerprint density at radius 2 is 1.88 bits per heavy atom. The summed E-state index contributed by atoms with van der Waals surface area (Å²) >= 11 is 6.77. The largest absolute Gasteiger partial charge is 0.495 e. The number of hydrogen-bond acceptors (Lipinski definition) is 5. The fourth-order valence-electron chi connectivity index (χ4n) is 2.30. The molecule has 1 fully saturated rings. The summed E-state index contributed by atoms with van der Waals surface area (Å²) in [5.41, 5.74) is 1.53. The van der Waals surface area contributed by atoms with Crippen molar-refractivity contribution in [1.29, 1.82) is 0 Å². The number of halogens is 1. The van der Waals surface area contributed by atoms with Gasteiger partial charge < -0.3 is 10.1 Å². The number of imide groups is 1. The van der Waals surface area contributed by atoms with Gasteiger partial charge >= 0.3 is 0 Å². The Balaban J connectivity index is 1.72. The first-order chi connectivity index (χ1) is 12.1. The van der Waals surface area contributed by atoms with E-state index < -0.39 is 0 Å². The zero-order chi connectivity index (χ0) is 17.8. The molecule has 7 heteroatoms. The number of amides is 2. The van der Waals surface area contributed by atoms with E-state index in [1.807, 2.05) is 18.2 Å². The van der Waals surface area contributed by atoms with Crippen molar-refractivity contribution in [2.24, 2.45) is 0 Å². The van der Waals surface area contributed by atoms with E-state index in [2.05, 4.69) is 5.32 Å². The summed E-state index contributed by atoms with van der Waals surface area (Å²) in [5, 5.41) is 3.36. The predicted octanol–water partition coefficient (Wildman–Crippen LogP) is 4.45. The van der Waals surface area contributed by atoms with Crippen molar-refractivity contribution in [2.45, 2.75) is 0 Å². The van der Waals surface area contributed by atoms with Gasteiger partial charge in [0, 0.05) is 5.02 Å². The van der Waals surface area contributed by atoms with Crippen molar-refractivity contribution in [3.8, 4) is 5.75 Å². The number of benzene rings is 2. The lowest BCUT2D eigenvalue weighted by Gasteiger charge is -2.16. The highest BCUT2D eigenvalue weighted by Crippen LogP contribution is 2.32. The van der Waals surface area contributed by atoms with Crippen LogP contribution in [0.2, 0.25) is 5.02 Å². The third-order valence-electron chi connectivity index (χ3n) is 3.58. The fraction of sp³-hybridized carbons (Fsp3) is 0.111. The average Bonchev–Trinajstić information content (AvgIpc) is 2.89. The second kappa shape index (κ2) is 7.63. The smallest absolute Gasteiger partial charge is 0.295 e. The van der Waals surface area contributed by atoms with E-state index in [-0.39, 0.29) is 17.8 Å². The van der Waals surface area contributed by atoms with Gasteiger partial charge in [0.2, 0.25) is 0 Å². The SMILES string of the molecule is COc1ccccc1NCN1C(=O)S/C(=C/c2ccc(Cl)cc2)C1=O. The second-order valence-electron chi connectivity index (χ2n) is 5.20. The van der Waals surface area contributed by atoms with Crippen LogP contribution in [-0.4, -0.2) is 29.8 Å². The van der Waals surface area contributed by atoms with Crippen LogP contribution in [0.15, 0.2) is 53.4 Å². The maximum absolute atomic E-state index is 12.5. The number of thioether (sulfide) groups is 1. The first-order valence-electron chi connectivity index (χ1n) is 7.46. The van der Waals surface area contributed by atoms with Crippen LogP contribution in [0, 0.1) is 0 Å². The van der Waals surface area contributed by atoms with Crippen molar-refractivity contribution >= 4 is 46.3 Å². The minimum absolute atomic E-state index is 0.0724. The van der Waals surface area contributed by atoms with Gasteiger partial charge in [-0.3, -0.25) is 14.5 Å². The number of nitrogens with one attached hydrogen (secondary N) is 1. The van der Waals surface area contributed by atoms with Crippen molar-refractivity contribution < 1.29 is 14.3 Å². The molecule has 0 spiro atoms. The van der Waals surface area contributed by atoms with Gasteiger partial charge in [0.05, 0.1) is 24.4 Å². The van der Waals surface area contributed by atoms with Gasteiger partial charge in [0.1, 0.15) is 5.75 Å². The highest BCUT2D eigenvalue weighted by atomic mass is 35.5. The molecule has 1 N–H and O–H groups in total. The Bertz CT molecular complexity index is 836. The number of anilines is 1. The normalized spacial score (nSPS) is 15.8. The van der Waals surface area contributed by atoms with E-state index in [9.17, 15) is 9.59 Å². The molecule has 0 aromatic heterocycles. The van der Waals surface area contributed by atoms with Crippen LogP contribution >= 0.6 is 23.4 Å². The van der Waals surface area contributed by atoms with Crippen molar-refractivity contribution in [1.82, 2.24) is 4.90 Å². The van der Waals surface area contributed by atoms with Gasteiger partial charge in [-0.25, -0.2) is 0 Å². The molecule has 3 rings (SSSR count). The Labute approximate surface area is 154 Å². The molecule has 2 aromatic rings. The monoisotopic (exact) mass is 374 g/mol. The van der Waals surface area contributed by atoms with Crippen molar-refractivity contribution in [3.63, 3.8) is 0 Å². The summed E-state index contributed by atoms with van der Waals surface area (Å²) in [6.45, 7) is 0.0724. The summed E-state index contributed by atoms with van der Waals surface area (Å²) in [5.74, 6) is 0.318. The van der Waals surface area contributed by atoms with Gasteiger partial charge in [0.15, 0.2) is 0 Å². The van der Waals surface area contributed by atoms with Crippen LogP contribution in [0.4, 0.5) is 10.5 Å². The summed E-state index contributed by atoms with van der Waals surface area (Å²) in [4.78, 5) is 26.2. The van der Waals surface area contributed by atoms with Gasteiger partial charge in [-0.2, -0.15) is 0 Å². The molecule has 0 radical (unpaired) electrons. The molecular formula is C18H15ClN2O3S. The number of carbonyl (C=O) groups excluding carboxylic acids is 2. The zero-order valence-corrected chi connectivity index (χ0v) is 14.9. The van der Waals surface area contributed by atoms with E-state index in [0.29, 0.717) is 21.4 Å². The molecule has 1 heterocycles. The van der Waals surface area contributed by atoms with E-state index in [1.165, 1.54) is 4.90 Å². The molecule has 0 bridgehead atoms. The van der Waals surface area contributed by atoms with Crippen LogP contribution in [0.1, 0.15) is 5.56 Å². The Kier molecular flexibility index (Phi) is 5.31. The highest BCUT2D eigenvalue weighted by Gasteiger charge is 2.34. The maximum Gasteiger partial charge on any atom is 0.295 e. The molecule has 2 amide bonds. The lowest BCUT2D eigenvalue weighted by atomic mass is 10.2. The summed E-state index contributed by atoms with van der Waals surface area (Å²) < 4.78 is 5.25. The molecule has 25 heavy (non-hydrogen) atoms. The minimum atomic E-state index is -0.327. The van der Waals surface area contributed by atoms with Crippen molar-refractivity contribution in [2.75, 3.05) is 19.1 Å². The Hall–Kier alpha value is -2.44. The number of hydrogen-bond donors (Lipinski definition) is 1. The zero-order valence-electron chi connectivity index (χ0n) is 13.4. The Morgan fingerprint density at radius 3 is 2.60 bits per heavy atom. The van der Waals surface area contributed by atoms with Gasteiger partial charge in [-0.15, -0.1) is 0 Å². The molecule has 0 aliphatic carbocycles. The highest BCUT2D eigenvalue weighted by molar-refractivity contribution is 8.18. The van der Waals surface area contributed by atoms with Gasteiger partial charge in [-0.05, 0) is 47.7 Å². The number of carbonyl (C=O) groups is 2. The number of rotatable bonds is 5. The van der Waals surface area contributed by atoms with Crippen molar-refractivity contribution in [3.05, 3.63) is 64.0 Å². The molecule has 128 valence electrons. The van der Waals surface area contributed by atoms with Crippen LogP contribution in [-0.2, 0) is 4.79 Å². The molecule has 1 aliphatic heterocycles. The number of para-hydroxylation sites is 2. The molecule has 0 saturated carbocycles. The number of nitrogens with zero attached hydrogens (tertiary/aromatic N) is 1. The minimum Gasteiger partial charge on any atom is -0.495 e. The lowest BCUT2D eigenvalue weighted by molar-refractivity contribution is -0.122. The molecule has 2 aromatic carbocycles. The summed E-state index contributed by atoms with van der Waals surface area (Å²) in [6.07, 6.45) is 1.68. The molecule has 0 atom stereocenters. The third kappa shape index (κ3) is 3.97. The summed E-state index contributed by atoms with van der Waals surface area (Å²) in [6, 6.07) is 14.4. The average molecular weight is 375 g/mol. The van der Waals surface area contributed by atoms with E-state index >= 15 is 0 Å². The predicted molar refractivity (Wildman–Crippen MR) is 101 cm³/mol. The third-order valence-corrected chi connectivity index (χ3v) is 4.74. The molecule has 1 saturated heterocycles. The molecular weight excluding hydrogens is 360 g/mol.